The molecule has 0 N–H and O–H groups in total. The fourth-order valence-electron chi connectivity index (χ4n) is 9.87. The Labute approximate surface area is 381 Å². The highest BCUT2D eigenvalue weighted by Gasteiger charge is 2.42. The van der Waals surface area contributed by atoms with Crippen molar-refractivity contribution in [1.29, 1.82) is 0 Å². The first-order valence-electron chi connectivity index (χ1n) is 24.1. The van der Waals surface area contributed by atoms with E-state index in [-0.39, 0.29) is 18.5 Å². The van der Waals surface area contributed by atoms with Crippen LogP contribution in [0.4, 0.5) is 0 Å². The Kier molecular flexibility index (Phi) is 17.5. The molecule has 0 radical (unpaired) electrons. The van der Waals surface area contributed by atoms with Gasteiger partial charge in [0.05, 0.1) is 6.61 Å². The van der Waals surface area contributed by atoms with Gasteiger partial charge in [0.2, 0.25) is 5.91 Å². The van der Waals surface area contributed by atoms with E-state index < -0.39 is 21.6 Å². The molecular formula is C49H81N7O5Si2. The number of rotatable bonds is 23. The average Bonchev–Trinajstić information content (AvgIpc) is 3.98. The number of benzene rings is 1. The first kappa shape index (κ1) is 49.3. The van der Waals surface area contributed by atoms with Crippen molar-refractivity contribution in [2.24, 2.45) is 10.8 Å². The first-order valence-corrected chi connectivity index (χ1v) is 31.5. The zero-order valence-electron chi connectivity index (χ0n) is 40.3. The van der Waals surface area contributed by atoms with Crippen LogP contribution in [0.2, 0.25) is 51.4 Å². The third-order valence-electron chi connectivity index (χ3n) is 13.9. The monoisotopic (exact) mass is 904 g/mol. The van der Waals surface area contributed by atoms with Gasteiger partial charge in [-0.15, -0.1) is 0 Å². The van der Waals surface area contributed by atoms with Crippen molar-refractivity contribution in [3.05, 3.63) is 71.8 Å². The lowest BCUT2D eigenvalue weighted by molar-refractivity contribution is -0.146. The number of piperidine rings is 1. The van der Waals surface area contributed by atoms with Crippen molar-refractivity contribution in [3.63, 3.8) is 0 Å². The fraction of sp³-hybridized carbons (Fsp3) is 0.714. The summed E-state index contributed by atoms with van der Waals surface area (Å²) in [4.78, 5) is 43.3. The lowest BCUT2D eigenvalue weighted by Gasteiger charge is -2.43. The molecule has 6 rings (SSSR count). The molecule has 12 nitrogen and oxygen atoms in total. The van der Waals surface area contributed by atoms with Crippen LogP contribution >= 0.6 is 0 Å². The molecule has 350 valence electrons. The summed E-state index contributed by atoms with van der Waals surface area (Å²) in [5.74, 6) is 1.21. The Morgan fingerprint density at radius 2 is 1.32 bits per heavy atom. The highest BCUT2D eigenvalue weighted by molar-refractivity contribution is 6.76. The van der Waals surface area contributed by atoms with E-state index in [9.17, 15) is 9.59 Å². The molecule has 2 saturated heterocycles. The summed E-state index contributed by atoms with van der Waals surface area (Å²) in [6.45, 7) is 26.0. The summed E-state index contributed by atoms with van der Waals surface area (Å²) in [6, 6.07) is 11.8. The number of imidazole rings is 2. The maximum Gasteiger partial charge on any atom is 0.302 e. The van der Waals surface area contributed by atoms with Crippen LogP contribution in [0.15, 0.2) is 49.1 Å². The van der Waals surface area contributed by atoms with E-state index in [4.69, 9.17) is 24.2 Å². The molecule has 1 saturated carbocycles. The van der Waals surface area contributed by atoms with Crippen molar-refractivity contribution >= 4 is 28.0 Å². The molecule has 4 heterocycles. The summed E-state index contributed by atoms with van der Waals surface area (Å²) in [5, 5.41) is 0. The topological polar surface area (TPSA) is 107 Å². The summed E-state index contributed by atoms with van der Waals surface area (Å²) in [7, 11) is -2.52. The van der Waals surface area contributed by atoms with Crippen molar-refractivity contribution in [3.8, 4) is 0 Å². The Hall–Kier alpha value is -3.15. The Morgan fingerprint density at radius 3 is 1.84 bits per heavy atom. The van der Waals surface area contributed by atoms with Crippen LogP contribution in [0.3, 0.4) is 0 Å². The zero-order valence-corrected chi connectivity index (χ0v) is 42.3. The zero-order chi connectivity index (χ0) is 45.1. The Bertz CT molecular complexity index is 1810. The van der Waals surface area contributed by atoms with E-state index in [0.29, 0.717) is 58.0 Å². The van der Waals surface area contributed by atoms with Gasteiger partial charge in [0.1, 0.15) is 25.1 Å². The van der Waals surface area contributed by atoms with Crippen molar-refractivity contribution < 1.29 is 23.8 Å². The van der Waals surface area contributed by atoms with Gasteiger partial charge in [0.15, 0.2) is 0 Å². The number of aromatic nitrogens is 4. The molecule has 3 fully saturated rings. The van der Waals surface area contributed by atoms with E-state index in [0.717, 1.165) is 41.9 Å². The molecular weight excluding hydrogens is 823 g/mol. The van der Waals surface area contributed by atoms with Gasteiger partial charge < -0.3 is 33.1 Å². The van der Waals surface area contributed by atoms with Crippen molar-refractivity contribution in [1.82, 2.24) is 33.8 Å². The lowest BCUT2D eigenvalue weighted by Crippen LogP contribution is -2.46. The van der Waals surface area contributed by atoms with Gasteiger partial charge >= 0.3 is 5.97 Å². The predicted octanol–water partition coefficient (Wildman–Crippen LogP) is 8.71. The Balaban J connectivity index is 1.16. The molecule has 1 spiro atoms. The minimum absolute atomic E-state index is 0.0424. The number of hydrogen-bond acceptors (Lipinski definition) is 9. The molecule has 2 aliphatic heterocycles. The second kappa shape index (κ2) is 22.4. The molecule has 3 aromatic rings. The largest absolute Gasteiger partial charge is 0.465 e. The molecule has 1 aliphatic carbocycles. The summed E-state index contributed by atoms with van der Waals surface area (Å²) in [5.41, 5.74) is 2.09. The van der Waals surface area contributed by atoms with Crippen LogP contribution in [0.5, 0.6) is 0 Å². The summed E-state index contributed by atoms with van der Waals surface area (Å²) >= 11 is 0. The second-order valence-electron chi connectivity index (χ2n) is 21.9. The number of carbonyl (C=O) groups excluding carboxylic acids is 2. The van der Waals surface area contributed by atoms with E-state index in [1.165, 1.54) is 90.0 Å². The smallest absolute Gasteiger partial charge is 0.302 e. The number of amides is 1. The summed E-state index contributed by atoms with van der Waals surface area (Å²) < 4.78 is 22.4. The highest BCUT2D eigenvalue weighted by atomic mass is 28.3. The van der Waals surface area contributed by atoms with E-state index in [2.05, 4.69) is 73.3 Å². The number of esters is 1. The maximum absolute atomic E-state index is 13.7. The molecule has 0 unspecified atom stereocenters. The molecule has 0 atom stereocenters. The van der Waals surface area contributed by atoms with Crippen LogP contribution in [-0.2, 0) is 63.2 Å². The molecule has 14 heteroatoms. The normalized spacial score (nSPS) is 18.0. The number of carbonyl (C=O) groups is 2. The van der Waals surface area contributed by atoms with Crippen molar-refractivity contribution in [2.45, 2.75) is 162 Å². The quantitative estimate of drug-likeness (QED) is 0.0525. The molecule has 1 amide bonds. The fourth-order valence-corrected chi connectivity index (χ4v) is 11.4. The number of nitrogens with zero attached hydrogens (tertiary/aromatic N) is 7. The third kappa shape index (κ3) is 15.5. The number of hydrogen-bond donors (Lipinski definition) is 0. The minimum Gasteiger partial charge on any atom is -0.465 e. The Morgan fingerprint density at radius 1 is 0.778 bits per heavy atom. The standard InChI is InChI=1S/C49H81N7O5Si2/c1-41(57)56(35-44-16-14-43(15-17-44)34-52-23-18-48(36-52)19-24-53(25-20-48)45-12-10-9-11-13-45)37-49(38-61-42(2)58,32-46-50-21-26-54(46)39-59-28-30-62(3,4)5)33-47-51-22-27-55(47)40-60-29-31-63(6,7)8/h14-17,21-22,26-27,45H,9-13,18-20,23-25,28-40H2,1-8H3. The van der Waals surface area contributed by atoms with E-state index >= 15 is 0 Å². The third-order valence-corrected chi connectivity index (χ3v) is 17.4. The number of likely N-dealkylation sites (tertiary alicyclic amines) is 2. The predicted molar refractivity (Wildman–Crippen MR) is 257 cm³/mol. The van der Waals surface area contributed by atoms with Crippen LogP contribution < -0.4 is 0 Å². The van der Waals surface area contributed by atoms with Crippen molar-refractivity contribution in [2.75, 3.05) is 52.5 Å². The van der Waals surface area contributed by atoms with Gasteiger partial charge in [-0.2, -0.15) is 0 Å². The van der Waals surface area contributed by atoms with Gasteiger partial charge in [-0.05, 0) is 80.4 Å². The average molecular weight is 904 g/mol. The molecule has 1 aromatic carbocycles. The molecule has 0 bridgehead atoms. The lowest BCUT2D eigenvalue weighted by atomic mass is 9.77. The van der Waals surface area contributed by atoms with Gasteiger partial charge in [0.25, 0.3) is 0 Å². The van der Waals surface area contributed by atoms with Crippen LogP contribution in [0, 0.1) is 10.8 Å². The van der Waals surface area contributed by atoms with Gasteiger partial charge in [0, 0.05) is 118 Å². The van der Waals surface area contributed by atoms with E-state index in [1.54, 1.807) is 19.3 Å². The molecule has 63 heavy (non-hydrogen) atoms. The van der Waals surface area contributed by atoms with Crippen LogP contribution in [-0.4, -0.2) is 120 Å². The minimum atomic E-state index is -1.26. The second-order valence-corrected chi connectivity index (χ2v) is 33.2. The highest BCUT2D eigenvalue weighted by Crippen LogP contribution is 2.42. The number of ether oxygens (including phenoxy) is 3. The van der Waals surface area contributed by atoms with Crippen LogP contribution in [0.1, 0.15) is 88.0 Å². The first-order chi connectivity index (χ1) is 30.0. The van der Waals surface area contributed by atoms with Gasteiger partial charge in [-0.1, -0.05) is 82.8 Å². The summed E-state index contributed by atoms with van der Waals surface area (Å²) in [6.07, 6.45) is 19.4. The van der Waals surface area contributed by atoms with E-state index in [1.807, 2.05) is 26.4 Å². The molecule has 3 aliphatic rings. The SMILES string of the molecule is CC(=O)OCC(Cc1nccn1COCC[Si](C)(C)C)(Cc1nccn1COCC[Si](C)(C)C)CN(Cc1ccc(CN2CCC3(CCN(C4CCCCC4)CC3)C2)cc1)C(C)=O. The molecule has 2 aromatic heterocycles. The maximum atomic E-state index is 13.7. The van der Waals surface area contributed by atoms with Gasteiger partial charge in [-0.25, -0.2) is 9.97 Å². The van der Waals surface area contributed by atoms with Gasteiger partial charge in [-0.3, -0.25) is 14.5 Å². The van der Waals surface area contributed by atoms with Crippen LogP contribution in [0.25, 0.3) is 0 Å².